The standard InChI is InChI=1S/C15H20F3N3O3/c1-9(2)7-21-10(3)11(6-19-21)12(22)20-5-4-14(8-20,13(23)24)15(16,17)18/h6,9H,4-5,7-8H2,1-3H3,(H,23,24). The van der Waals surface area contributed by atoms with E-state index in [2.05, 4.69) is 5.10 Å². The van der Waals surface area contributed by atoms with Gasteiger partial charge in [-0.1, -0.05) is 13.8 Å². The van der Waals surface area contributed by atoms with E-state index >= 15 is 0 Å². The van der Waals surface area contributed by atoms with Crippen molar-refractivity contribution in [3.8, 4) is 0 Å². The molecule has 1 fully saturated rings. The van der Waals surface area contributed by atoms with Gasteiger partial charge >= 0.3 is 12.1 Å². The van der Waals surface area contributed by atoms with Gasteiger partial charge in [-0.3, -0.25) is 14.3 Å². The molecule has 0 aromatic carbocycles. The zero-order valence-corrected chi connectivity index (χ0v) is 13.7. The summed E-state index contributed by atoms with van der Waals surface area (Å²) in [6, 6.07) is 0. The summed E-state index contributed by atoms with van der Waals surface area (Å²) in [6.07, 6.45) is -4.23. The van der Waals surface area contributed by atoms with E-state index in [9.17, 15) is 22.8 Å². The maximum absolute atomic E-state index is 13.2. The van der Waals surface area contributed by atoms with Crippen molar-refractivity contribution in [2.45, 2.75) is 39.9 Å². The molecule has 2 heterocycles. The molecule has 6 nitrogen and oxygen atoms in total. The fourth-order valence-electron chi connectivity index (χ4n) is 2.87. The summed E-state index contributed by atoms with van der Waals surface area (Å²) in [5.74, 6) is -2.27. The molecule has 2 rings (SSSR count). The van der Waals surface area contributed by atoms with Crippen LogP contribution in [0.1, 0.15) is 36.3 Å². The molecule has 0 aliphatic carbocycles. The van der Waals surface area contributed by atoms with Gasteiger partial charge in [0.2, 0.25) is 0 Å². The van der Waals surface area contributed by atoms with Crippen LogP contribution in [0.4, 0.5) is 13.2 Å². The molecule has 24 heavy (non-hydrogen) atoms. The summed E-state index contributed by atoms with van der Waals surface area (Å²) in [6.45, 7) is 5.09. The van der Waals surface area contributed by atoms with Gasteiger partial charge in [0.15, 0.2) is 5.41 Å². The maximum Gasteiger partial charge on any atom is 0.406 e. The van der Waals surface area contributed by atoms with Gasteiger partial charge < -0.3 is 10.0 Å². The van der Waals surface area contributed by atoms with E-state index in [1.807, 2.05) is 13.8 Å². The highest BCUT2D eigenvalue weighted by molar-refractivity contribution is 5.96. The number of amides is 1. The Morgan fingerprint density at radius 3 is 2.50 bits per heavy atom. The summed E-state index contributed by atoms with van der Waals surface area (Å²) in [7, 11) is 0. The summed E-state index contributed by atoms with van der Waals surface area (Å²) in [5.41, 5.74) is -2.13. The van der Waals surface area contributed by atoms with E-state index in [1.165, 1.54) is 6.20 Å². The van der Waals surface area contributed by atoms with Crippen molar-refractivity contribution >= 4 is 11.9 Å². The average molecular weight is 347 g/mol. The Morgan fingerprint density at radius 1 is 1.42 bits per heavy atom. The molecule has 1 amide bonds. The molecular weight excluding hydrogens is 327 g/mol. The summed E-state index contributed by atoms with van der Waals surface area (Å²) >= 11 is 0. The Balaban J connectivity index is 2.24. The number of carbonyl (C=O) groups is 2. The lowest BCUT2D eigenvalue weighted by atomic mass is 9.86. The fraction of sp³-hybridized carbons (Fsp3) is 0.667. The first kappa shape index (κ1) is 18.3. The predicted octanol–water partition coefficient (Wildman–Crippen LogP) is 2.33. The van der Waals surface area contributed by atoms with Crippen molar-refractivity contribution in [3.63, 3.8) is 0 Å². The Morgan fingerprint density at radius 2 is 2.04 bits per heavy atom. The number of nitrogens with zero attached hydrogens (tertiary/aromatic N) is 3. The number of likely N-dealkylation sites (tertiary alicyclic amines) is 1. The number of carbonyl (C=O) groups excluding carboxylic acids is 1. The number of carboxylic acids is 1. The number of hydrogen-bond donors (Lipinski definition) is 1. The lowest BCUT2D eigenvalue weighted by Crippen LogP contribution is -2.47. The van der Waals surface area contributed by atoms with Crippen LogP contribution in [0, 0.1) is 18.3 Å². The Labute approximate surface area is 137 Å². The zero-order chi connectivity index (χ0) is 18.3. The molecule has 0 saturated carbocycles. The van der Waals surface area contributed by atoms with E-state index in [4.69, 9.17) is 5.11 Å². The number of halogens is 3. The summed E-state index contributed by atoms with van der Waals surface area (Å²) < 4.78 is 41.2. The van der Waals surface area contributed by atoms with Gasteiger partial charge in [0, 0.05) is 25.3 Å². The van der Waals surface area contributed by atoms with Crippen LogP contribution in [-0.2, 0) is 11.3 Å². The first-order chi connectivity index (χ1) is 11.0. The van der Waals surface area contributed by atoms with Crippen LogP contribution in [0.25, 0.3) is 0 Å². The first-order valence-electron chi connectivity index (χ1n) is 7.61. The highest BCUT2D eigenvalue weighted by Gasteiger charge is 2.64. The van der Waals surface area contributed by atoms with Crippen molar-refractivity contribution in [3.05, 3.63) is 17.5 Å². The molecule has 0 spiro atoms. The van der Waals surface area contributed by atoms with Gasteiger partial charge in [-0.25, -0.2) is 0 Å². The number of carboxylic acid groups (broad SMARTS) is 1. The van der Waals surface area contributed by atoms with Gasteiger partial charge in [-0.2, -0.15) is 18.3 Å². The maximum atomic E-state index is 13.2. The van der Waals surface area contributed by atoms with Gasteiger partial charge in [-0.05, 0) is 19.3 Å². The smallest absolute Gasteiger partial charge is 0.406 e. The summed E-state index contributed by atoms with van der Waals surface area (Å²) in [5, 5.41) is 13.2. The highest BCUT2D eigenvalue weighted by atomic mass is 19.4. The molecule has 1 N–H and O–H groups in total. The van der Waals surface area contributed by atoms with Gasteiger partial charge in [-0.15, -0.1) is 0 Å². The van der Waals surface area contributed by atoms with Gasteiger partial charge in [0.05, 0.1) is 11.8 Å². The molecule has 134 valence electrons. The molecule has 9 heteroatoms. The fourth-order valence-corrected chi connectivity index (χ4v) is 2.87. The normalized spacial score (nSPS) is 21.5. The number of alkyl halides is 3. The molecule has 1 saturated heterocycles. The SMILES string of the molecule is Cc1c(C(=O)N2CCC(C(=O)O)(C(F)(F)F)C2)cnn1CC(C)C. The third-order valence-electron chi connectivity index (χ3n) is 4.38. The first-order valence-corrected chi connectivity index (χ1v) is 7.61. The van der Waals surface area contributed by atoms with Crippen LogP contribution in [0.5, 0.6) is 0 Å². The molecule has 1 atom stereocenters. The van der Waals surface area contributed by atoms with Gasteiger partial charge in [0.25, 0.3) is 5.91 Å². The van der Waals surface area contributed by atoms with Crippen molar-refractivity contribution in [1.82, 2.24) is 14.7 Å². The molecule has 1 unspecified atom stereocenters. The second-order valence-corrected chi connectivity index (χ2v) is 6.58. The van der Waals surface area contributed by atoms with Crippen LogP contribution < -0.4 is 0 Å². The highest BCUT2D eigenvalue weighted by Crippen LogP contribution is 2.46. The molecule has 0 radical (unpaired) electrons. The average Bonchev–Trinajstić information content (AvgIpc) is 3.03. The van der Waals surface area contributed by atoms with E-state index in [1.54, 1.807) is 11.6 Å². The molecule has 0 bridgehead atoms. The molecule has 1 aromatic heterocycles. The Bertz CT molecular complexity index is 654. The quantitative estimate of drug-likeness (QED) is 0.907. The minimum atomic E-state index is -4.91. The Kier molecular flexibility index (Phi) is 4.65. The molecular formula is C15H20F3N3O3. The third kappa shape index (κ3) is 2.99. The number of rotatable bonds is 4. The number of aliphatic carboxylic acids is 1. The van der Waals surface area contributed by atoms with Crippen molar-refractivity contribution in [1.29, 1.82) is 0 Å². The number of hydrogen-bond acceptors (Lipinski definition) is 3. The van der Waals surface area contributed by atoms with E-state index < -0.39 is 36.4 Å². The number of aromatic nitrogens is 2. The van der Waals surface area contributed by atoms with Crippen LogP contribution >= 0.6 is 0 Å². The minimum absolute atomic E-state index is 0.207. The van der Waals surface area contributed by atoms with Crippen LogP contribution in [0.3, 0.4) is 0 Å². The molecule has 1 aromatic rings. The van der Waals surface area contributed by atoms with Crippen LogP contribution in [0.15, 0.2) is 6.20 Å². The lowest BCUT2D eigenvalue weighted by Gasteiger charge is -2.27. The van der Waals surface area contributed by atoms with E-state index in [0.29, 0.717) is 18.2 Å². The van der Waals surface area contributed by atoms with E-state index in [0.717, 1.165) is 4.90 Å². The predicted molar refractivity (Wildman–Crippen MR) is 78.4 cm³/mol. The van der Waals surface area contributed by atoms with Crippen LogP contribution in [0.2, 0.25) is 0 Å². The molecule has 1 aliphatic rings. The minimum Gasteiger partial charge on any atom is -0.481 e. The summed E-state index contributed by atoms with van der Waals surface area (Å²) in [4.78, 5) is 24.7. The zero-order valence-electron chi connectivity index (χ0n) is 13.7. The lowest BCUT2D eigenvalue weighted by molar-refractivity contribution is -0.227. The van der Waals surface area contributed by atoms with Crippen molar-refractivity contribution in [2.24, 2.45) is 11.3 Å². The van der Waals surface area contributed by atoms with Crippen molar-refractivity contribution < 1.29 is 27.9 Å². The van der Waals surface area contributed by atoms with Crippen LogP contribution in [-0.4, -0.2) is 50.9 Å². The topological polar surface area (TPSA) is 75.4 Å². The van der Waals surface area contributed by atoms with E-state index in [-0.39, 0.29) is 12.1 Å². The molecule has 1 aliphatic heterocycles. The monoisotopic (exact) mass is 347 g/mol. The van der Waals surface area contributed by atoms with Gasteiger partial charge in [0.1, 0.15) is 0 Å². The van der Waals surface area contributed by atoms with Crippen molar-refractivity contribution in [2.75, 3.05) is 13.1 Å². The Hall–Kier alpha value is -2.06. The largest absolute Gasteiger partial charge is 0.481 e. The third-order valence-corrected chi connectivity index (χ3v) is 4.38. The second kappa shape index (κ2) is 6.10. The second-order valence-electron chi connectivity index (χ2n) is 6.58.